The van der Waals surface area contributed by atoms with E-state index in [1.165, 1.54) is 19.3 Å². The highest BCUT2D eigenvalue weighted by Gasteiger charge is 2.26. The highest BCUT2D eigenvalue weighted by Crippen LogP contribution is 2.32. The van der Waals surface area contributed by atoms with Crippen LogP contribution in [0.15, 0.2) is 24.7 Å². The molecule has 0 saturated heterocycles. The van der Waals surface area contributed by atoms with Crippen molar-refractivity contribution in [2.24, 2.45) is 5.92 Å². The molecule has 1 atom stereocenters. The van der Waals surface area contributed by atoms with Gasteiger partial charge in [0, 0.05) is 17.3 Å². The van der Waals surface area contributed by atoms with Gasteiger partial charge in [-0.05, 0) is 30.4 Å². The molecule has 1 saturated carbocycles. The molecule has 0 aromatic carbocycles. The van der Waals surface area contributed by atoms with Gasteiger partial charge >= 0.3 is 0 Å². The van der Waals surface area contributed by atoms with Gasteiger partial charge in [0.15, 0.2) is 5.82 Å². The van der Waals surface area contributed by atoms with Gasteiger partial charge in [-0.1, -0.05) is 46.1 Å². The summed E-state index contributed by atoms with van der Waals surface area (Å²) in [4.78, 5) is 8.88. The first kappa shape index (κ1) is 17.1. The molecule has 2 aromatic heterocycles. The van der Waals surface area contributed by atoms with Crippen LogP contribution in [0.4, 0.5) is 0 Å². The predicted octanol–water partition coefficient (Wildman–Crippen LogP) is 3.63. The summed E-state index contributed by atoms with van der Waals surface area (Å²) in [5.41, 5.74) is 2.23. The van der Waals surface area contributed by atoms with E-state index in [-0.39, 0.29) is 5.41 Å². The molecule has 2 aromatic rings. The Morgan fingerprint density at radius 1 is 1.17 bits per heavy atom. The van der Waals surface area contributed by atoms with Crippen LogP contribution in [0.3, 0.4) is 0 Å². The standard InChI is InChI=1S/C19H28N4O/c1-19(2,3)16-10-9-14(11-20-16)12-23-13-21-18(22-23)17(24)15-7-5-4-6-8-15/h9-11,13,15,17,24H,4-8,12H2,1-3H3. The van der Waals surface area contributed by atoms with Gasteiger partial charge in [-0.2, -0.15) is 5.10 Å². The third-order valence-electron chi connectivity index (χ3n) is 4.85. The van der Waals surface area contributed by atoms with Crippen LogP contribution in [-0.2, 0) is 12.0 Å². The summed E-state index contributed by atoms with van der Waals surface area (Å²) in [6.07, 6.45) is 8.92. The number of aliphatic hydroxyl groups excluding tert-OH is 1. The van der Waals surface area contributed by atoms with Gasteiger partial charge in [0.1, 0.15) is 12.4 Å². The predicted molar refractivity (Wildman–Crippen MR) is 93.6 cm³/mol. The Bertz CT molecular complexity index is 651. The minimum absolute atomic E-state index is 0.0586. The van der Waals surface area contributed by atoms with Gasteiger partial charge in [-0.25, -0.2) is 9.67 Å². The average molecular weight is 328 g/mol. The van der Waals surface area contributed by atoms with E-state index >= 15 is 0 Å². The Morgan fingerprint density at radius 2 is 1.92 bits per heavy atom. The van der Waals surface area contributed by atoms with Crippen LogP contribution in [0.1, 0.15) is 76.1 Å². The number of nitrogens with zero attached hydrogens (tertiary/aromatic N) is 4. The van der Waals surface area contributed by atoms with Gasteiger partial charge in [-0.15, -0.1) is 0 Å². The first-order valence-electron chi connectivity index (χ1n) is 8.96. The van der Waals surface area contributed by atoms with Crippen molar-refractivity contribution in [3.8, 4) is 0 Å². The van der Waals surface area contributed by atoms with Gasteiger partial charge < -0.3 is 5.11 Å². The summed E-state index contributed by atoms with van der Waals surface area (Å²) >= 11 is 0. The molecule has 3 rings (SSSR count). The Labute approximate surface area is 144 Å². The third kappa shape index (κ3) is 4.01. The minimum atomic E-state index is -0.534. The van der Waals surface area contributed by atoms with Crippen molar-refractivity contribution in [1.29, 1.82) is 0 Å². The summed E-state index contributed by atoms with van der Waals surface area (Å²) < 4.78 is 1.79. The van der Waals surface area contributed by atoms with Crippen LogP contribution < -0.4 is 0 Å². The summed E-state index contributed by atoms with van der Waals surface area (Å²) in [7, 11) is 0. The molecule has 1 fully saturated rings. The Morgan fingerprint density at radius 3 is 2.54 bits per heavy atom. The molecule has 0 radical (unpaired) electrons. The molecule has 1 unspecified atom stereocenters. The maximum absolute atomic E-state index is 10.5. The number of rotatable bonds is 4. The summed E-state index contributed by atoms with van der Waals surface area (Å²) in [6.45, 7) is 7.10. The molecule has 5 nitrogen and oxygen atoms in total. The first-order chi connectivity index (χ1) is 11.4. The fraction of sp³-hybridized carbons (Fsp3) is 0.632. The zero-order valence-electron chi connectivity index (χ0n) is 14.9. The van der Waals surface area contributed by atoms with E-state index < -0.39 is 6.10 Å². The molecular formula is C19H28N4O. The minimum Gasteiger partial charge on any atom is -0.385 e. The zero-order valence-corrected chi connectivity index (χ0v) is 14.9. The van der Waals surface area contributed by atoms with Crippen LogP contribution in [0.5, 0.6) is 0 Å². The fourth-order valence-corrected chi connectivity index (χ4v) is 3.33. The van der Waals surface area contributed by atoms with Crippen molar-refractivity contribution < 1.29 is 5.11 Å². The molecule has 1 N–H and O–H groups in total. The molecule has 0 amide bonds. The molecule has 2 heterocycles. The fourth-order valence-electron chi connectivity index (χ4n) is 3.33. The topological polar surface area (TPSA) is 63.8 Å². The van der Waals surface area contributed by atoms with Crippen molar-refractivity contribution in [1.82, 2.24) is 19.7 Å². The largest absolute Gasteiger partial charge is 0.385 e. The molecule has 0 aliphatic heterocycles. The number of aliphatic hydroxyl groups is 1. The smallest absolute Gasteiger partial charge is 0.179 e. The van der Waals surface area contributed by atoms with Crippen molar-refractivity contribution in [2.45, 2.75) is 70.9 Å². The lowest BCUT2D eigenvalue weighted by Gasteiger charge is -2.24. The van der Waals surface area contributed by atoms with E-state index in [4.69, 9.17) is 0 Å². The van der Waals surface area contributed by atoms with E-state index in [9.17, 15) is 5.11 Å². The Hall–Kier alpha value is -1.75. The SMILES string of the molecule is CC(C)(C)c1ccc(Cn2cnc(C(O)C3CCCCC3)n2)cn1. The van der Waals surface area contributed by atoms with Crippen molar-refractivity contribution >= 4 is 0 Å². The number of pyridine rings is 1. The van der Waals surface area contributed by atoms with E-state index in [2.05, 4.69) is 48.0 Å². The van der Waals surface area contributed by atoms with Crippen LogP contribution in [0, 0.1) is 5.92 Å². The van der Waals surface area contributed by atoms with Crippen molar-refractivity contribution in [3.05, 3.63) is 41.7 Å². The van der Waals surface area contributed by atoms with E-state index in [0.717, 1.165) is 24.1 Å². The lowest BCUT2D eigenvalue weighted by molar-refractivity contribution is 0.0770. The summed E-state index contributed by atoms with van der Waals surface area (Å²) in [5, 5.41) is 15.0. The van der Waals surface area contributed by atoms with Crippen molar-refractivity contribution in [2.75, 3.05) is 0 Å². The van der Waals surface area contributed by atoms with E-state index in [1.54, 1.807) is 11.0 Å². The lowest BCUT2D eigenvalue weighted by Crippen LogP contribution is -2.17. The van der Waals surface area contributed by atoms with Gasteiger partial charge in [0.05, 0.1) is 6.54 Å². The number of hydrogen-bond donors (Lipinski definition) is 1. The molecule has 0 spiro atoms. The Balaban J connectivity index is 1.65. The highest BCUT2D eigenvalue weighted by molar-refractivity contribution is 5.19. The molecule has 1 aliphatic rings. The molecule has 1 aliphatic carbocycles. The van der Waals surface area contributed by atoms with Crippen LogP contribution >= 0.6 is 0 Å². The van der Waals surface area contributed by atoms with Gasteiger partial charge in [-0.3, -0.25) is 4.98 Å². The Kier molecular flexibility index (Phi) is 4.99. The molecular weight excluding hydrogens is 300 g/mol. The van der Waals surface area contributed by atoms with Crippen LogP contribution in [-0.4, -0.2) is 24.9 Å². The third-order valence-corrected chi connectivity index (χ3v) is 4.85. The number of aromatic nitrogens is 4. The molecule has 130 valence electrons. The maximum Gasteiger partial charge on any atom is 0.179 e. The van der Waals surface area contributed by atoms with Gasteiger partial charge in [0.2, 0.25) is 0 Å². The molecule has 0 bridgehead atoms. The second-order valence-corrected chi connectivity index (χ2v) is 7.94. The number of hydrogen-bond acceptors (Lipinski definition) is 4. The molecule has 24 heavy (non-hydrogen) atoms. The summed E-state index contributed by atoms with van der Waals surface area (Å²) in [5.74, 6) is 0.864. The van der Waals surface area contributed by atoms with Crippen molar-refractivity contribution in [3.63, 3.8) is 0 Å². The van der Waals surface area contributed by atoms with E-state index in [0.29, 0.717) is 18.3 Å². The van der Waals surface area contributed by atoms with Gasteiger partial charge in [0.25, 0.3) is 0 Å². The lowest BCUT2D eigenvalue weighted by atomic mass is 9.85. The normalized spacial score (nSPS) is 17.8. The second-order valence-electron chi connectivity index (χ2n) is 7.94. The first-order valence-corrected chi connectivity index (χ1v) is 8.96. The highest BCUT2D eigenvalue weighted by atomic mass is 16.3. The average Bonchev–Trinajstić information content (AvgIpc) is 3.03. The van der Waals surface area contributed by atoms with Crippen LogP contribution in [0.25, 0.3) is 0 Å². The monoisotopic (exact) mass is 328 g/mol. The molecule has 5 heteroatoms. The zero-order chi connectivity index (χ0) is 17.2. The summed E-state index contributed by atoms with van der Waals surface area (Å²) in [6, 6.07) is 4.16. The second kappa shape index (κ2) is 7.01. The van der Waals surface area contributed by atoms with E-state index in [1.807, 2.05) is 6.20 Å². The maximum atomic E-state index is 10.5. The quantitative estimate of drug-likeness (QED) is 0.931. The van der Waals surface area contributed by atoms with Crippen LogP contribution in [0.2, 0.25) is 0 Å².